The number of nitrogens with one attached hydrogen (secondary N) is 3. The molecule has 0 fully saturated rings. The summed E-state index contributed by atoms with van der Waals surface area (Å²) in [5, 5.41) is 33.3. The van der Waals surface area contributed by atoms with E-state index in [-0.39, 0.29) is 25.7 Å². The van der Waals surface area contributed by atoms with Gasteiger partial charge in [0.25, 0.3) is 0 Å². The molecule has 0 aliphatic carbocycles. The molecule has 0 aliphatic rings. The van der Waals surface area contributed by atoms with Crippen LogP contribution in [0.3, 0.4) is 0 Å². The zero-order chi connectivity index (χ0) is 24.7. The van der Waals surface area contributed by atoms with Gasteiger partial charge in [-0.1, -0.05) is 0 Å². The van der Waals surface area contributed by atoms with Crippen molar-refractivity contribution in [2.75, 3.05) is 13.1 Å². The Kier molecular flexibility index (Phi) is 13.9. The van der Waals surface area contributed by atoms with Gasteiger partial charge in [0.15, 0.2) is 0 Å². The molecule has 0 bridgehead atoms. The molecule has 0 radical (unpaired) electrons. The molecule has 3 amide bonds. The molecule has 3 atom stereocenters. The second-order valence-electron chi connectivity index (χ2n) is 6.99. The standard InChI is InChI=1S/C18H31N5O9/c19-8-2-1-3-11(17(30)23-12(18(31)32)5-7-15(27)28)22-13(24)9-21-16(29)10(20)4-6-14(25)26/h10-12H,1-9,19-20H2,(H,21,29)(H,22,24)(H,23,30)(H,25,26)(H,27,28)(H,31,32). The largest absolute Gasteiger partial charge is 0.481 e. The predicted octanol–water partition coefficient (Wildman–Crippen LogP) is -2.66. The van der Waals surface area contributed by atoms with Gasteiger partial charge < -0.3 is 42.7 Å². The van der Waals surface area contributed by atoms with E-state index in [9.17, 15) is 33.9 Å². The average molecular weight is 461 g/mol. The van der Waals surface area contributed by atoms with Crippen LogP contribution < -0.4 is 27.4 Å². The molecule has 0 aromatic heterocycles. The third kappa shape index (κ3) is 13.1. The minimum absolute atomic E-state index is 0.125. The molecule has 0 aromatic carbocycles. The number of hydrogen-bond donors (Lipinski definition) is 8. The van der Waals surface area contributed by atoms with Crippen LogP contribution in [0.25, 0.3) is 0 Å². The summed E-state index contributed by atoms with van der Waals surface area (Å²) >= 11 is 0. The first kappa shape index (κ1) is 28.7. The maximum Gasteiger partial charge on any atom is 0.326 e. The van der Waals surface area contributed by atoms with Gasteiger partial charge in [-0.2, -0.15) is 0 Å². The quantitative estimate of drug-likeness (QED) is 0.104. The molecule has 0 saturated heterocycles. The van der Waals surface area contributed by atoms with E-state index in [0.29, 0.717) is 19.4 Å². The number of amides is 3. The Morgan fingerprint density at radius 3 is 1.88 bits per heavy atom. The molecule has 0 heterocycles. The summed E-state index contributed by atoms with van der Waals surface area (Å²) in [4.78, 5) is 68.9. The SMILES string of the molecule is NCCCCC(NC(=O)CNC(=O)C(N)CCC(=O)O)C(=O)NC(CCC(=O)O)C(=O)O. The van der Waals surface area contributed by atoms with Crippen molar-refractivity contribution < 1.29 is 44.1 Å². The lowest BCUT2D eigenvalue weighted by Crippen LogP contribution is -2.53. The van der Waals surface area contributed by atoms with Crippen molar-refractivity contribution in [2.45, 2.75) is 63.1 Å². The summed E-state index contributed by atoms with van der Waals surface area (Å²) in [7, 11) is 0. The number of unbranched alkanes of at least 4 members (excludes halogenated alkanes) is 1. The highest BCUT2D eigenvalue weighted by Gasteiger charge is 2.27. The Bertz CT molecular complexity index is 686. The van der Waals surface area contributed by atoms with E-state index in [1.54, 1.807) is 0 Å². The third-order valence-corrected chi connectivity index (χ3v) is 4.29. The summed E-state index contributed by atoms with van der Waals surface area (Å²) in [6.45, 7) is -0.204. The Labute approximate surface area is 184 Å². The molecule has 0 aromatic rings. The van der Waals surface area contributed by atoms with Gasteiger partial charge in [-0.3, -0.25) is 24.0 Å². The van der Waals surface area contributed by atoms with E-state index >= 15 is 0 Å². The highest BCUT2D eigenvalue weighted by Crippen LogP contribution is 2.04. The van der Waals surface area contributed by atoms with Crippen molar-refractivity contribution in [3.8, 4) is 0 Å². The molecule has 14 nitrogen and oxygen atoms in total. The van der Waals surface area contributed by atoms with E-state index in [1.165, 1.54) is 0 Å². The maximum atomic E-state index is 12.5. The predicted molar refractivity (Wildman–Crippen MR) is 109 cm³/mol. The molecule has 0 saturated carbocycles. The van der Waals surface area contributed by atoms with E-state index in [0.717, 1.165) is 0 Å². The lowest BCUT2D eigenvalue weighted by Gasteiger charge is -2.21. The number of carbonyl (C=O) groups excluding carboxylic acids is 3. The third-order valence-electron chi connectivity index (χ3n) is 4.29. The average Bonchev–Trinajstić information content (AvgIpc) is 2.71. The summed E-state index contributed by atoms with van der Waals surface area (Å²) in [5.74, 6) is -6.10. The zero-order valence-corrected chi connectivity index (χ0v) is 17.5. The molecule has 32 heavy (non-hydrogen) atoms. The Morgan fingerprint density at radius 2 is 1.34 bits per heavy atom. The Hall–Kier alpha value is -3.26. The van der Waals surface area contributed by atoms with E-state index in [4.69, 9.17) is 21.7 Å². The fourth-order valence-corrected chi connectivity index (χ4v) is 2.51. The first-order valence-corrected chi connectivity index (χ1v) is 9.97. The van der Waals surface area contributed by atoms with Crippen molar-refractivity contribution in [1.82, 2.24) is 16.0 Å². The number of carboxylic acid groups (broad SMARTS) is 3. The first-order valence-electron chi connectivity index (χ1n) is 9.97. The van der Waals surface area contributed by atoms with Gasteiger partial charge in [-0.05, 0) is 38.6 Å². The first-order chi connectivity index (χ1) is 15.0. The summed E-state index contributed by atoms with van der Waals surface area (Å²) < 4.78 is 0. The monoisotopic (exact) mass is 461 g/mol. The lowest BCUT2D eigenvalue weighted by atomic mass is 10.1. The van der Waals surface area contributed by atoms with Crippen LogP contribution in [0, 0.1) is 0 Å². The number of carbonyl (C=O) groups is 6. The highest BCUT2D eigenvalue weighted by atomic mass is 16.4. The summed E-state index contributed by atoms with van der Waals surface area (Å²) in [6.07, 6.45) is -0.160. The maximum absolute atomic E-state index is 12.5. The molecule has 182 valence electrons. The Balaban J connectivity index is 4.90. The van der Waals surface area contributed by atoms with E-state index in [1.807, 2.05) is 0 Å². The van der Waals surface area contributed by atoms with Crippen molar-refractivity contribution in [2.24, 2.45) is 11.5 Å². The topological polar surface area (TPSA) is 251 Å². The van der Waals surface area contributed by atoms with Crippen LogP contribution in [-0.4, -0.2) is 82.2 Å². The minimum Gasteiger partial charge on any atom is -0.481 e. The van der Waals surface area contributed by atoms with Crippen LogP contribution in [0.4, 0.5) is 0 Å². The van der Waals surface area contributed by atoms with Gasteiger partial charge in [-0.15, -0.1) is 0 Å². The van der Waals surface area contributed by atoms with Gasteiger partial charge >= 0.3 is 17.9 Å². The zero-order valence-electron chi connectivity index (χ0n) is 17.5. The number of nitrogens with two attached hydrogens (primary N) is 2. The number of carboxylic acids is 3. The molecule has 3 unspecified atom stereocenters. The van der Waals surface area contributed by atoms with Gasteiger partial charge in [0.2, 0.25) is 17.7 Å². The van der Waals surface area contributed by atoms with Crippen LogP contribution in [0.15, 0.2) is 0 Å². The van der Waals surface area contributed by atoms with Gasteiger partial charge in [-0.25, -0.2) is 4.79 Å². The second-order valence-corrected chi connectivity index (χ2v) is 6.99. The summed E-state index contributed by atoms with van der Waals surface area (Å²) in [5.41, 5.74) is 11.0. The van der Waals surface area contributed by atoms with E-state index in [2.05, 4.69) is 16.0 Å². The van der Waals surface area contributed by atoms with Crippen molar-refractivity contribution >= 4 is 35.6 Å². The normalized spacial score (nSPS) is 13.3. The second kappa shape index (κ2) is 15.5. The van der Waals surface area contributed by atoms with Crippen LogP contribution >= 0.6 is 0 Å². The molecule has 14 heteroatoms. The van der Waals surface area contributed by atoms with Crippen molar-refractivity contribution in [3.63, 3.8) is 0 Å². The Morgan fingerprint density at radius 1 is 0.750 bits per heavy atom. The van der Waals surface area contributed by atoms with Crippen LogP contribution in [-0.2, 0) is 28.8 Å². The fourth-order valence-electron chi connectivity index (χ4n) is 2.51. The minimum atomic E-state index is -1.46. The molecule has 0 spiro atoms. The number of aliphatic carboxylic acids is 3. The lowest BCUT2D eigenvalue weighted by molar-refractivity contribution is -0.143. The molecule has 0 aliphatic heterocycles. The summed E-state index contributed by atoms with van der Waals surface area (Å²) in [6, 6.07) is -3.73. The highest BCUT2D eigenvalue weighted by molar-refractivity contribution is 5.92. The fraction of sp³-hybridized carbons (Fsp3) is 0.667. The smallest absolute Gasteiger partial charge is 0.326 e. The molecule has 10 N–H and O–H groups in total. The van der Waals surface area contributed by atoms with Gasteiger partial charge in [0, 0.05) is 12.8 Å². The molecule has 0 rings (SSSR count). The molecular weight excluding hydrogens is 430 g/mol. The van der Waals surface area contributed by atoms with Crippen LogP contribution in [0.2, 0.25) is 0 Å². The van der Waals surface area contributed by atoms with Gasteiger partial charge in [0.1, 0.15) is 12.1 Å². The number of hydrogen-bond acceptors (Lipinski definition) is 8. The van der Waals surface area contributed by atoms with Crippen LogP contribution in [0.5, 0.6) is 0 Å². The number of rotatable bonds is 17. The van der Waals surface area contributed by atoms with Crippen LogP contribution in [0.1, 0.15) is 44.9 Å². The van der Waals surface area contributed by atoms with E-state index < -0.39 is 66.7 Å². The van der Waals surface area contributed by atoms with Crippen molar-refractivity contribution in [1.29, 1.82) is 0 Å². The van der Waals surface area contributed by atoms with Crippen molar-refractivity contribution in [3.05, 3.63) is 0 Å². The molecular formula is C18H31N5O9. The van der Waals surface area contributed by atoms with Gasteiger partial charge in [0.05, 0.1) is 12.6 Å².